The Morgan fingerprint density at radius 3 is 2.73 bits per heavy atom. The van der Waals surface area contributed by atoms with E-state index in [1.165, 1.54) is 5.56 Å². The molecular formula is C21H18N4O. The second-order valence-electron chi connectivity index (χ2n) is 6.69. The van der Waals surface area contributed by atoms with Gasteiger partial charge in [0.15, 0.2) is 0 Å². The van der Waals surface area contributed by atoms with Crippen LogP contribution < -0.4 is 0 Å². The van der Waals surface area contributed by atoms with Crippen LogP contribution >= 0.6 is 0 Å². The van der Waals surface area contributed by atoms with Crippen LogP contribution in [0.25, 0.3) is 10.9 Å². The monoisotopic (exact) mass is 342 g/mol. The van der Waals surface area contributed by atoms with E-state index in [2.05, 4.69) is 27.1 Å². The summed E-state index contributed by atoms with van der Waals surface area (Å²) in [6.07, 6.45) is 1.72. The predicted molar refractivity (Wildman–Crippen MR) is 99.9 cm³/mol. The minimum atomic E-state index is 0.0161. The van der Waals surface area contributed by atoms with Gasteiger partial charge in [-0.1, -0.05) is 48.5 Å². The summed E-state index contributed by atoms with van der Waals surface area (Å²) in [6, 6.07) is 20.1. The lowest BCUT2D eigenvalue weighted by Gasteiger charge is -2.32. The van der Waals surface area contributed by atoms with Gasteiger partial charge in [-0.2, -0.15) is 0 Å². The average molecular weight is 342 g/mol. The zero-order valence-electron chi connectivity index (χ0n) is 14.1. The molecule has 0 bridgehead atoms. The summed E-state index contributed by atoms with van der Waals surface area (Å²) in [5.41, 5.74) is 4.83. The van der Waals surface area contributed by atoms with Crippen molar-refractivity contribution in [3.05, 3.63) is 89.6 Å². The van der Waals surface area contributed by atoms with E-state index < -0.39 is 0 Å². The molecule has 1 amide bonds. The number of H-pyrrole nitrogens is 2. The van der Waals surface area contributed by atoms with Gasteiger partial charge in [-0.3, -0.25) is 4.79 Å². The van der Waals surface area contributed by atoms with Gasteiger partial charge in [0.1, 0.15) is 5.69 Å². The Labute approximate surface area is 150 Å². The van der Waals surface area contributed by atoms with Crippen molar-refractivity contribution in [2.75, 3.05) is 6.54 Å². The van der Waals surface area contributed by atoms with Gasteiger partial charge < -0.3 is 14.9 Å². The summed E-state index contributed by atoms with van der Waals surface area (Å²) >= 11 is 0. The van der Waals surface area contributed by atoms with Crippen LogP contribution in [-0.4, -0.2) is 32.3 Å². The molecule has 0 spiro atoms. The molecule has 5 rings (SSSR count). The molecule has 4 aromatic rings. The molecule has 0 fully saturated rings. The molecule has 128 valence electrons. The Kier molecular flexibility index (Phi) is 3.38. The van der Waals surface area contributed by atoms with E-state index in [4.69, 9.17) is 0 Å². The van der Waals surface area contributed by atoms with Crippen LogP contribution in [-0.2, 0) is 6.54 Å². The fourth-order valence-electron chi connectivity index (χ4n) is 3.78. The van der Waals surface area contributed by atoms with Gasteiger partial charge in [-0.25, -0.2) is 4.98 Å². The van der Waals surface area contributed by atoms with Crippen molar-refractivity contribution in [3.63, 3.8) is 0 Å². The first-order valence-corrected chi connectivity index (χ1v) is 8.74. The zero-order valence-corrected chi connectivity index (χ0v) is 14.1. The molecule has 1 aliphatic heterocycles. The highest BCUT2D eigenvalue weighted by atomic mass is 16.2. The molecule has 0 saturated heterocycles. The number of fused-ring (bicyclic) bond motifs is 2. The number of para-hydroxylation sites is 1. The molecule has 2 aromatic heterocycles. The van der Waals surface area contributed by atoms with Crippen molar-refractivity contribution in [3.8, 4) is 0 Å². The second kappa shape index (κ2) is 5.88. The number of nitrogens with one attached hydrogen (secondary N) is 2. The summed E-state index contributed by atoms with van der Waals surface area (Å²) < 4.78 is 0. The number of aromatic amines is 2. The molecule has 2 aromatic carbocycles. The van der Waals surface area contributed by atoms with Crippen LogP contribution in [0, 0.1) is 0 Å². The van der Waals surface area contributed by atoms with E-state index in [0.29, 0.717) is 18.8 Å². The second-order valence-corrected chi connectivity index (χ2v) is 6.69. The van der Waals surface area contributed by atoms with Crippen LogP contribution in [0.15, 0.2) is 67.0 Å². The van der Waals surface area contributed by atoms with Crippen molar-refractivity contribution in [1.82, 2.24) is 19.9 Å². The van der Waals surface area contributed by atoms with Gasteiger partial charge in [0, 0.05) is 23.4 Å². The van der Waals surface area contributed by atoms with Crippen molar-refractivity contribution >= 4 is 16.8 Å². The molecule has 2 N–H and O–H groups in total. The Morgan fingerprint density at radius 1 is 1.08 bits per heavy atom. The fraction of sp³-hybridized carbons (Fsp3) is 0.143. The van der Waals surface area contributed by atoms with Gasteiger partial charge in [-0.05, 0) is 17.7 Å². The quantitative estimate of drug-likeness (QED) is 0.584. The molecule has 1 aliphatic rings. The zero-order chi connectivity index (χ0) is 17.5. The van der Waals surface area contributed by atoms with E-state index in [1.54, 1.807) is 6.33 Å². The Balaban J connectivity index is 1.51. The van der Waals surface area contributed by atoms with Gasteiger partial charge >= 0.3 is 0 Å². The Bertz CT molecular complexity index is 1050. The van der Waals surface area contributed by atoms with Crippen molar-refractivity contribution in [1.29, 1.82) is 0 Å². The van der Waals surface area contributed by atoms with Crippen molar-refractivity contribution in [2.45, 2.75) is 12.5 Å². The third kappa shape index (κ3) is 2.40. The topological polar surface area (TPSA) is 64.8 Å². The molecule has 0 radical (unpaired) electrons. The molecule has 5 heteroatoms. The lowest BCUT2D eigenvalue weighted by Crippen LogP contribution is -2.38. The summed E-state index contributed by atoms with van der Waals surface area (Å²) in [7, 11) is 0. The molecular weight excluding hydrogens is 324 g/mol. The molecule has 0 aliphatic carbocycles. The number of rotatable bonds is 2. The number of nitrogens with zero attached hydrogens (tertiary/aromatic N) is 2. The summed E-state index contributed by atoms with van der Waals surface area (Å²) in [5, 5.41) is 1.05. The standard InChI is InChI=1S/C21H18N4O/c26-21(18-10-15-8-4-5-9-17(15)24-18)25-11-16(14-6-2-1-3-7-14)20-19(12-25)22-13-23-20/h1-10,13,16,24H,11-12H2,(H,22,23). The van der Waals surface area contributed by atoms with Gasteiger partial charge in [0.05, 0.1) is 24.3 Å². The van der Waals surface area contributed by atoms with Crippen molar-refractivity contribution < 1.29 is 4.79 Å². The minimum absolute atomic E-state index is 0.0161. The number of carbonyl (C=O) groups excluding carboxylic acids is 1. The maximum Gasteiger partial charge on any atom is 0.270 e. The fourth-order valence-corrected chi connectivity index (χ4v) is 3.78. The maximum absolute atomic E-state index is 13.1. The van der Waals surface area contributed by atoms with E-state index in [1.807, 2.05) is 53.4 Å². The van der Waals surface area contributed by atoms with E-state index in [9.17, 15) is 4.79 Å². The lowest BCUT2D eigenvalue weighted by molar-refractivity contribution is 0.0717. The van der Waals surface area contributed by atoms with E-state index in [0.717, 1.165) is 22.3 Å². The first-order valence-electron chi connectivity index (χ1n) is 8.74. The maximum atomic E-state index is 13.1. The van der Waals surface area contributed by atoms with Gasteiger partial charge in [0.25, 0.3) is 5.91 Å². The average Bonchev–Trinajstić information content (AvgIpc) is 3.33. The van der Waals surface area contributed by atoms with E-state index >= 15 is 0 Å². The number of hydrogen-bond acceptors (Lipinski definition) is 2. The number of amides is 1. The van der Waals surface area contributed by atoms with Crippen molar-refractivity contribution in [2.24, 2.45) is 0 Å². The summed E-state index contributed by atoms with van der Waals surface area (Å²) in [6.45, 7) is 1.17. The highest BCUT2D eigenvalue weighted by Gasteiger charge is 2.32. The van der Waals surface area contributed by atoms with Crippen LogP contribution in [0.1, 0.15) is 33.4 Å². The van der Waals surface area contributed by atoms with Crippen LogP contribution in [0.5, 0.6) is 0 Å². The van der Waals surface area contributed by atoms with Gasteiger partial charge in [0.2, 0.25) is 0 Å². The van der Waals surface area contributed by atoms with Crippen LogP contribution in [0.2, 0.25) is 0 Å². The van der Waals surface area contributed by atoms with Gasteiger partial charge in [-0.15, -0.1) is 0 Å². The first-order chi connectivity index (χ1) is 12.8. The van der Waals surface area contributed by atoms with Crippen LogP contribution in [0.3, 0.4) is 0 Å². The number of hydrogen-bond donors (Lipinski definition) is 2. The lowest BCUT2D eigenvalue weighted by atomic mass is 9.91. The van der Waals surface area contributed by atoms with Crippen LogP contribution in [0.4, 0.5) is 0 Å². The molecule has 0 saturated carbocycles. The smallest absolute Gasteiger partial charge is 0.270 e. The Hall–Kier alpha value is -3.34. The molecule has 1 unspecified atom stereocenters. The third-order valence-corrected chi connectivity index (χ3v) is 5.08. The molecule has 1 atom stereocenters. The highest BCUT2D eigenvalue weighted by Crippen LogP contribution is 2.32. The third-order valence-electron chi connectivity index (χ3n) is 5.08. The number of imidazole rings is 1. The Morgan fingerprint density at radius 2 is 1.88 bits per heavy atom. The minimum Gasteiger partial charge on any atom is -0.351 e. The number of benzene rings is 2. The summed E-state index contributed by atoms with van der Waals surface area (Å²) in [5.74, 6) is 0.0990. The van der Waals surface area contributed by atoms with E-state index in [-0.39, 0.29) is 11.8 Å². The normalized spacial score (nSPS) is 16.6. The predicted octanol–water partition coefficient (Wildman–Crippen LogP) is 3.68. The molecule has 26 heavy (non-hydrogen) atoms. The SMILES string of the molecule is O=C(c1cc2ccccc2[nH]1)N1Cc2[nH]cnc2C(c2ccccc2)C1. The molecule has 5 nitrogen and oxygen atoms in total. The number of carbonyl (C=O) groups is 1. The first kappa shape index (κ1) is 15.0. The largest absolute Gasteiger partial charge is 0.351 e. The molecule has 3 heterocycles. The highest BCUT2D eigenvalue weighted by molar-refractivity contribution is 5.98. The summed E-state index contributed by atoms with van der Waals surface area (Å²) in [4.78, 5) is 26.0. The number of aromatic nitrogens is 3.